The minimum Gasteiger partial charge on any atom is -0.325 e. The molecule has 120 valence electrons. The van der Waals surface area contributed by atoms with Crippen molar-refractivity contribution in [2.24, 2.45) is 0 Å². The minimum absolute atomic E-state index is 0.314. The van der Waals surface area contributed by atoms with E-state index in [-0.39, 0.29) is 0 Å². The van der Waals surface area contributed by atoms with Gasteiger partial charge in [-0.25, -0.2) is 4.79 Å². The first kappa shape index (κ1) is 15.1. The summed E-state index contributed by atoms with van der Waals surface area (Å²) >= 11 is 0. The fraction of sp³-hybridized carbons (Fsp3) is 0.941. The first-order valence-corrected chi connectivity index (χ1v) is 9.12. The maximum absolute atomic E-state index is 12.6. The zero-order valence-corrected chi connectivity index (χ0v) is 13.4. The molecule has 0 saturated carbocycles. The number of amides is 2. The van der Waals surface area contributed by atoms with Gasteiger partial charge in [0.05, 0.1) is 0 Å². The van der Waals surface area contributed by atoms with Crippen LogP contribution in [0.1, 0.15) is 57.8 Å². The average molecular weight is 293 g/mol. The van der Waals surface area contributed by atoms with E-state index in [2.05, 4.69) is 14.7 Å². The quantitative estimate of drug-likeness (QED) is 0.743. The first-order chi connectivity index (χ1) is 10.3. The van der Waals surface area contributed by atoms with E-state index in [0.29, 0.717) is 6.03 Å². The molecule has 0 aromatic rings. The molecule has 0 aromatic heterocycles. The Morgan fingerprint density at radius 2 is 1.10 bits per heavy atom. The van der Waals surface area contributed by atoms with Gasteiger partial charge in [-0.1, -0.05) is 19.3 Å². The van der Waals surface area contributed by atoms with Crippen LogP contribution in [0.4, 0.5) is 4.79 Å². The number of nitrogens with zero attached hydrogens (tertiary/aromatic N) is 3. The minimum atomic E-state index is 0.314. The van der Waals surface area contributed by atoms with E-state index < -0.39 is 0 Å². The molecule has 0 N–H and O–H groups in total. The third kappa shape index (κ3) is 3.91. The molecule has 3 aliphatic rings. The van der Waals surface area contributed by atoms with Gasteiger partial charge in [0, 0.05) is 32.2 Å². The highest BCUT2D eigenvalue weighted by atomic mass is 16.2. The number of piperidine rings is 2. The normalized spacial score (nSPS) is 26.7. The summed E-state index contributed by atoms with van der Waals surface area (Å²) in [4.78, 5) is 19.5. The molecule has 3 heterocycles. The Balaban J connectivity index is 1.46. The van der Waals surface area contributed by atoms with Crippen LogP contribution < -0.4 is 0 Å². The molecule has 0 aliphatic carbocycles. The average Bonchev–Trinajstić information content (AvgIpc) is 2.84. The van der Waals surface area contributed by atoms with Gasteiger partial charge in [-0.3, -0.25) is 0 Å². The van der Waals surface area contributed by atoms with Crippen LogP contribution in [-0.4, -0.2) is 66.0 Å². The number of likely N-dealkylation sites (tertiary alicyclic amines) is 3. The molecule has 21 heavy (non-hydrogen) atoms. The van der Waals surface area contributed by atoms with E-state index in [1.165, 1.54) is 70.9 Å². The summed E-state index contributed by atoms with van der Waals surface area (Å²) in [5.41, 5.74) is 0. The van der Waals surface area contributed by atoms with E-state index >= 15 is 0 Å². The summed E-state index contributed by atoms with van der Waals surface area (Å²) < 4.78 is 0. The number of rotatable bonds is 1. The summed E-state index contributed by atoms with van der Waals surface area (Å²) in [7, 11) is 0. The predicted molar refractivity (Wildman–Crippen MR) is 85.5 cm³/mol. The second kappa shape index (κ2) is 7.48. The molecule has 3 saturated heterocycles. The molecular formula is C17H31N3O. The van der Waals surface area contributed by atoms with Crippen LogP contribution in [-0.2, 0) is 0 Å². The maximum Gasteiger partial charge on any atom is 0.319 e. The van der Waals surface area contributed by atoms with Crippen molar-refractivity contribution < 1.29 is 4.79 Å². The topological polar surface area (TPSA) is 26.8 Å². The number of hydrogen-bond acceptors (Lipinski definition) is 2. The Kier molecular flexibility index (Phi) is 5.39. The Morgan fingerprint density at radius 3 is 1.71 bits per heavy atom. The zero-order valence-electron chi connectivity index (χ0n) is 13.4. The second-order valence-corrected chi connectivity index (χ2v) is 7.00. The number of urea groups is 1. The zero-order chi connectivity index (χ0) is 14.5. The lowest BCUT2D eigenvalue weighted by Gasteiger charge is -2.41. The molecule has 0 aromatic carbocycles. The molecule has 0 bridgehead atoms. The van der Waals surface area contributed by atoms with Crippen molar-refractivity contribution in [2.45, 2.75) is 63.8 Å². The Bertz CT molecular complexity index is 325. The lowest BCUT2D eigenvalue weighted by atomic mass is 10.00. The van der Waals surface area contributed by atoms with Crippen molar-refractivity contribution in [3.8, 4) is 0 Å². The van der Waals surface area contributed by atoms with Crippen molar-refractivity contribution in [2.75, 3.05) is 39.3 Å². The lowest BCUT2D eigenvalue weighted by molar-refractivity contribution is 0.0897. The summed E-state index contributed by atoms with van der Waals surface area (Å²) in [5, 5.41) is 0. The van der Waals surface area contributed by atoms with Crippen LogP contribution in [0.5, 0.6) is 0 Å². The molecule has 0 atom stereocenters. The van der Waals surface area contributed by atoms with E-state index in [9.17, 15) is 4.79 Å². The molecule has 3 aliphatic heterocycles. The van der Waals surface area contributed by atoms with Gasteiger partial charge in [-0.05, 0) is 51.6 Å². The van der Waals surface area contributed by atoms with Crippen LogP contribution in [0.25, 0.3) is 0 Å². The van der Waals surface area contributed by atoms with Gasteiger partial charge in [0.25, 0.3) is 0 Å². The van der Waals surface area contributed by atoms with Crippen molar-refractivity contribution in [3.05, 3.63) is 0 Å². The molecular weight excluding hydrogens is 262 g/mol. The van der Waals surface area contributed by atoms with Crippen LogP contribution in [0.15, 0.2) is 0 Å². The summed E-state index contributed by atoms with van der Waals surface area (Å²) in [6.45, 7) is 6.46. The van der Waals surface area contributed by atoms with Crippen LogP contribution in [0.3, 0.4) is 0 Å². The van der Waals surface area contributed by atoms with Crippen molar-refractivity contribution in [3.63, 3.8) is 0 Å². The van der Waals surface area contributed by atoms with Crippen LogP contribution in [0.2, 0.25) is 0 Å². The van der Waals surface area contributed by atoms with Crippen molar-refractivity contribution >= 4 is 6.03 Å². The van der Waals surface area contributed by atoms with Gasteiger partial charge in [-0.15, -0.1) is 0 Å². The smallest absolute Gasteiger partial charge is 0.319 e. The van der Waals surface area contributed by atoms with Gasteiger partial charge in [0.1, 0.15) is 0 Å². The Hall–Kier alpha value is -0.770. The maximum atomic E-state index is 12.6. The van der Waals surface area contributed by atoms with Crippen molar-refractivity contribution in [1.29, 1.82) is 0 Å². The molecule has 0 spiro atoms. The summed E-state index contributed by atoms with van der Waals surface area (Å²) in [6, 6.07) is 1.05. The Morgan fingerprint density at radius 1 is 0.619 bits per heavy atom. The van der Waals surface area contributed by atoms with Gasteiger partial charge >= 0.3 is 6.03 Å². The molecule has 0 unspecified atom stereocenters. The van der Waals surface area contributed by atoms with Gasteiger partial charge in [0.2, 0.25) is 0 Å². The van der Waals surface area contributed by atoms with Crippen molar-refractivity contribution in [1.82, 2.24) is 14.7 Å². The standard InChI is InChI=1S/C17H31N3O/c21-17(19-12-4-1-2-5-13-19)20-14-8-16(9-15-20)18-10-6-3-7-11-18/h16H,1-15H2. The highest BCUT2D eigenvalue weighted by Crippen LogP contribution is 2.22. The fourth-order valence-electron chi connectivity index (χ4n) is 4.17. The molecule has 4 heteroatoms. The van der Waals surface area contributed by atoms with Crippen LogP contribution >= 0.6 is 0 Å². The van der Waals surface area contributed by atoms with E-state index in [1.54, 1.807) is 0 Å². The monoisotopic (exact) mass is 293 g/mol. The summed E-state index contributed by atoms with van der Waals surface area (Å²) in [5.74, 6) is 0. The third-order valence-corrected chi connectivity index (χ3v) is 5.52. The highest BCUT2D eigenvalue weighted by molar-refractivity contribution is 5.74. The number of hydrogen-bond donors (Lipinski definition) is 0. The van der Waals surface area contributed by atoms with Gasteiger partial charge in [-0.2, -0.15) is 0 Å². The molecule has 0 radical (unpaired) electrons. The largest absolute Gasteiger partial charge is 0.325 e. The third-order valence-electron chi connectivity index (χ3n) is 5.52. The van der Waals surface area contributed by atoms with Crippen LogP contribution in [0, 0.1) is 0 Å². The molecule has 2 amide bonds. The van der Waals surface area contributed by atoms with E-state index in [4.69, 9.17) is 0 Å². The number of carbonyl (C=O) groups excluding carboxylic acids is 1. The first-order valence-electron chi connectivity index (χ1n) is 9.12. The lowest BCUT2D eigenvalue weighted by Crippen LogP contribution is -2.51. The fourth-order valence-corrected chi connectivity index (χ4v) is 4.17. The van der Waals surface area contributed by atoms with Gasteiger partial charge in [0.15, 0.2) is 0 Å². The Labute approximate surface area is 129 Å². The van der Waals surface area contributed by atoms with Gasteiger partial charge < -0.3 is 14.7 Å². The molecule has 4 nitrogen and oxygen atoms in total. The van der Waals surface area contributed by atoms with E-state index in [0.717, 1.165) is 32.2 Å². The number of carbonyl (C=O) groups is 1. The SMILES string of the molecule is O=C(N1CCCCCC1)N1CCC(N2CCCCC2)CC1. The molecule has 3 rings (SSSR count). The highest BCUT2D eigenvalue weighted by Gasteiger charge is 2.29. The summed E-state index contributed by atoms with van der Waals surface area (Å²) in [6.07, 6.45) is 11.5. The predicted octanol–water partition coefficient (Wildman–Crippen LogP) is 2.93. The second-order valence-electron chi connectivity index (χ2n) is 7.00. The van der Waals surface area contributed by atoms with E-state index in [1.807, 2.05) is 0 Å². The molecule has 3 fully saturated rings.